The largest absolute Gasteiger partial charge is 0.378 e. The Hall–Kier alpha value is -2.91. The van der Waals surface area contributed by atoms with Gasteiger partial charge in [-0.3, -0.25) is 9.78 Å². The molecule has 8 nitrogen and oxygen atoms in total. The van der Waals surface area contributed by atoms with Crippen molar-refractivity contribution in [3.63, 3.8) is 0 Å². The average molecular weight is 416 g/mol. The lowest BCUT2D eigenvalue weighted by molar-refractivity contribution is -0.118. The molecule has 0 saturated carbocycles. The Morgan fingerprint density at radius 1 is 1.29 bits per heavy atom. The van der Waals surface area contributed by atoms with E-state index in [1.807, 2.05) is 35.9 Å². The van der Waals surface area contributed by atoms with Crippen LogP contribution in [-0.4, -0.2) is 37.6 Å². The number of nitrogens with one attached hydrogen (secondary N) is 2. The van der Waals surface area contributed by atoms with Gasteiger partial charge in [-0.25, -0.2) is 5.43 Å². The van der Waals surface area contributed by atoms with E-state index in [0.29, 0.717) is 16.7 Å². The van der Waals surface area contributed by atoms with Gasteiger partial charge in [0.15, 0.2) is 11.0 Å². The second-order valence-electron chi connectivity index (χ2n) is 5.68. The zero-order valence-electron chi connectivity index (χ0n) is 15.0. The molecular weight excluding hydrogens is 398 g/mol. The van der Waals surface area contributed by atoms with E-state index >= 15 is 0 Å². The molecule has 3 aromatic rings. The number of nitrogens with zero attached hydrogens (tertiary/aromatic N) is 5. The molecule has 1 amide bonds. The van der Waals surface area contributed by atoms with E-state index < -0.39 is 0 Å². The maximum atomic E-state index is 11.9. The van der Waals surface area contributed by atoms with Crippen LogP contribution in [0.25, 0.3) is 0 Å². The number of aromatic nitrogens is 4. The zero-order valence-corrected chi connectivity index (χ0v) is 16.6. The van der Waals surface area contributed by atoms with Crippen molar-refractivity contribution in [1.29, 1.82) is 0 Å². The number of hydrogen-bond donors (Lipinski definition) is 2. The fourth-order valence-corrected chi connectivity index (χ4v) is 3.11. The van der Waals surface area contributed by atoms with E-state index in [2.05, 4.69) is 31.0 Å². The highest BCUT2D eigenvalue weighted by Crippen LogP contribution is 2.18. The van der Waals surface area contributed by atoms with E-state index in [1.54, 1.807) is 30.7 Å². The summed E-state index contributed by atoms with van der Waals surface area (Å²) in [5.41, 5.74) is 4.24. The maximum Gasteiger partial charge on any atom is 0.250 e. The van der Waals surface area contributed by atoms with Gasteiger partial charge in [0.2, 0.25) is 0 Å². The molecule has 0 aliphatic carbocycles. The molecule has 3 rings (SSSR count). The van der Waals surface area contributed by atoms with Crippen LogP contribution in [0.3, 0.4) is 0 Å². The van der Waals surface area contributed by atoms with Crippen LogP contribution in [0.1, 0.15) is 11.4 Å². The molecule has 0 aliphatic heterocycles. The lowest BCUT2D eigenvalue weighted by atomic mass is 10.3. The molecule has 2 aromatic heterocycles. The van der Waals surface area contributed by atoms with Crippen molar-refractivity contribution < 1.29 is 4.79 Å². The molecule has 144 valence electrons. The van der Waals surface area contributed by atoms with Gasteiger partial charge in [-0.1, -0.05) is 29.4 Å². The summed E-state index contributed by atoms with van der Waals surface area (Å²) in [5.74, 6) is 0.706. The first-order valence-corrected chi connectivity index (χ1v) is 9.70. The molecule has 0 atom stereocenters. The van der Waals surface area contributed by atoms with Crippen LogP contribution in [-0.2, 0) is 18.4 Å². The van der Waals surface area contributed by atoms with Crippen LogP contribution >= 0.6 is 23.4 Å². The number of anilines is 1. The molecular formula is C18H18ClN7OS. The number of benzene rings is 1. The summed E-state index contributed by atoms with van der Waals surface area (Å²) < 4.78 is 1.84. The summed E-state index contributed by atoms with van der Waals surface area (Å²) in [6.07, 6.45) is 4.88. The van der Waals surface area contributed by atoms with Crippen molar-refractivity contribution in [2.24, 2.45) is 12.1 Å². The summed E-state index contributed by atoms with van der Waals surface area (Å²) >= 11 is 7.27. The lowest BCUT2D eigenvalue weighted by Gasteiger charge is -2.07. The number of rotatable bonds is 8. The Morgan fingerprint density at radius 3 is 2.89 bits per heavy atom. The van der Waals surface area contributed by atoms with Gasteiger partial charge in [0, 0.05) is 30.2 Å². The standard InChI is InChI=1S/C18H18ClN7OS/c1-26-16(11-21-15-4-2-3-14(19)9-15)23-25-18(26)28-12-17(27)24-22-10-13-5-7-20-8-6-13/h2-10,21H,11-12H2,1H3,(H,24,27)/b22-10+. The fraction of sp³-hybridized carbons (Fsp3) is 0.167. The third kappa shape index (κ3) is 5.80. The van der Waals surface area contributed by atoms with Crippen LogP contribution in [0, 0.1) is 0 Å². The molecule has 0 radical (unpaired) electrons. The molecule has 0 unspecified atom stereocenters. The predicted octanol–water partition coefficient (Wildman–Crippen LogP) is 2.72. The number of carbonyl (C=O) groups excluding carboxylic acids is 1. The first-order chi connectivity index (χ1) is 13.6. The summed E-state index contributed by atoms with van der Waals surface area (Å²) in [4.78, 5) is 15.8. The fourth-order valence-electron chi connectivity index (χ4n) is 2.19. The third-order valence-corrected chi connectivity index (χ3v) is 4.90. The van der Waals surface area contributed by atoms with E-state index in [1.165, 1.54) is 11.8 Å². The summed E-state index contributed by atoms with van der Waals surface area (Å²) in [5, 5.41) is 16.8. The third-order valence-electron chi connectivity index (χ3n) is 3.64. The Kier molecular flexibility index (Phi) is 6.99. The summed E-state index contributed by atoms with van der Waals surface area (Å²) in [6, 6.07) is 11.0. The number of hydrazone groups is 1. The van der Waals surface area contributed by atoms with Gasteiger partial charge >= 0.3 is 0 Å². The zero-order chi connectivity index (χ0) is 19.8. The second kappa shape index (κ2) is 9.86. The van der Waals surface area contributed by atoms with Crippen molar-refractivity contribution in [3.8, 4) is 0 Å². The Bertz CT molecular complexity index is 962. The van der Waals surface area contributed by atoms with Crippen molar-refractivity contribution in [2.45, 2.75) is 11.7 Å². The monoisotopic (exact) mass is 415 g/mol. The number of carbonyl (C=O) groups is 1. The van der Waals surface area contributed by atoms with Crippen LogP contribution in [0.2, 0.25) is 5.02 Å². The number of halogens is 1. The van der Waals surface area contributed by atoms with Gasteiger partial charge in [0.1, 0.15) is 0 Å². The van der Waals surface area contributed by atoms with E-state index in [0.717, 1.165) is 17.1 Å². The van der Waals surface area contributed by atoms with Gasteiger partial charge in [0.05, 0.1) is 18.5 Å². The minimum absolute atomic E-state index is 0.182. The summed E-state index contributed by atoms with van der Waals surface area (Å²) in [7, 11) is 1.86. The lowest BCUT2D eigenvalue weighted by Crippen LogP contribution is -2.20. The van der Waals surface area contributed by atoms with Crippen molar-refractivity contribution in [3.05, 3.63) is 65.2 Å². The van der Waals surface area contributed by atoms with Crippen molar-refractivity contribution in [2.75, 3.05) is 11.1 Å². The molecule has 0 saturated heterocycles. The van der Waals surface area contributed by atoms with Gasteiger partial charge in [-0.05, 0) is 35.9 Å². The number of thioether (sulfide) groups is 1. The van der Waals surface area contributed by atoms with Crippen molar-refractivity contribution >= 4 is 41.2 Å². The van der Waals surface area contributed by atoms with E-state index in [9.17, 15) is 4.79 Å². The van der Waals surface area contributed by atoms with Gasteiger partial charge < -0.3 is 9.88 Å². The highest BCUT2D eigenvalue weighted by molar-refractivity contribution is 7.99. The molecule has 0 fully saturated rings. The molecule has 1 aromatic carbocycles. The smallest absolute Gasteiger partial charge is 0.250 e. The quantitative estimate of drug-likeness (QED) is 0.333. The van der Waals surface area contributed by atoms with E-state index in [-0.39, 0.29) is 11.7 Å². The van der Waals surface area contributed by atoms with Crippen LogP contribution in [0.4, 0.5) is 5.69 Å². The Balaban J connectivity index is 1.47. The predicted molar refractivity (Wildman–Crippen MR) is 110 cm³/mol. The van der Waals surface area contributed by atoms with Crippen LogP contribution in [0.15, 0.2) is 59.0 Å². The normalized spacial score (nSPS) is 10.9. The molecule has 0 bridgehead atoms. The Labute approximate surface area is 171 Å². The maximum absolute atomic E-state index is 11.9. The van der Waals surface area contributed by atoms with Gasteiger partial charge in [-0.15, -0.1) is 10.2 Å². The number of hydrogen-bond acceptors (Lipinski definition) is 7. The molecule has 28 heavy (non-hydrogen) atoms. The minimum Gasteiger partial charge on any atom is -0.378 e. The molecule has 0 spiro atoms. The second-order valence-corrected chi connectivity index (χ2v) is 7.06. The molecule has 0 aliphatic rings. The summed E-state index contributed by atoms with van der Waals surface area (Å²) in [6.45, 7) is 0.493. The highest BCUT2D eigenvalue weighted by atomic mass is 35.5. The van der Waals surface area contributed by atoms with Gasteiger partial charge in [0.25, 0.3) is 5.91 Å². The SMILES string of the molecule is Cn1c(CNc2cccc(Cl)c2)nnc1SCC(=O)N/N=C/c1ccncc1. The number of amides is 1. The van der Waals surface area contributed by atoms with Gasteiger partial charge in [-0.2, -0.15) is 5.10 Å². The first-order valence-electron chi connectivity index (χ1n) is 8.34. The first kappa shape index (κ1) is 19.8. The van der Waals surface area contributed by atoms with Crippen molar-refractivity contribution in [1.82, 2.24) is 25.2 Å². The van der Waals surface area contributed by atoms with Crippen LogP contribution in [0.5, 0.6) is 0 Å². The molecule has 2 heterocycles. The highest BCUT2D eigenvalue weighted by Gasteiger charge is 2.11. The molecule has 2 N–H and O–H groups in total. The molecule has 10 heteroatoms. The Morgan fingerprint density at radius 2 is 2.11 bits per heavy atom. The minimum atomic E-state index is -0.225. The topological polar surface area (TPSA) is 97.1 Å². The van der Waals surface area contributed by atoms with Crippen LogP contribution < -0.4 is 10.7 Å². The average Bonchev–Trinajstić information content (AvgIpc) is 3.05. The van der Waals surface area contributed by atoms with E-state index in [4.69, 9.17) is 11.6 Å². The number of pyridine rings is 1.